The van der Waals surface area contributed by atoms with E-state index in [1.54, 1.807) is 29.4 Å². The summed E-state index contributed by atoms with van der Waals surface area (Å²) in [4.78, 5) is 20.6. The average Bonchev–Trinajstić information content (AvgIpc) is 2.62. The van der Waals surface area contributed by atoms with Gasteiger partial charge in [0.05, 0.1) is 19.8 Å². The van der Waals surface area contributed by atoms with E-state index in [1.165, 1.54) is 0 Å². The summed E-state index contributed by atoms with van der Waals surface area (Å²) in [5.41, 5.74) is 1.79. The lowest BCUT2D eigenvalue weighted by atomic mass is 10.2. The molecule has 2 heterocycles. The molecule has 2 amide bonds. The number of amides is 2. The summed E-state index contributed by atoms with van der Waals surface area (Å²) in [6.07, 6.45) is 3.50. The normalized spacial score (nSPS) is 14.6. The molecule has 1 saturated heterocycles. The average molecular weight is 332 g/mol. The van der Waals surface area contributed by atoms with Crippen LogP contribution < -0.4 is 4.90 Å². The Hall–Kier alpha value is -2.11. The molecule has 1 aliphatic heterocycles. The number of nitrogens with zero attached hydrogens (tertiary/aromatic N) is 3. The van der Waals surface area contributed by atoms with Gasteiger partial charge in [0, 0.05) is 36.2 Å². The minimum atomic E-state index is -0.0283. The molecule has 5 nitrogen and oxygen atoms in total. The lowest BCUT2D eigenvalue weighted by Crippen LogP contribution is -2.48. The number of urea groups is 1. The number of carbonyl (C=O) groups is 1. The summed E-state index contributed by atoms with van der Waals surface area (Å²) in [7, 11) is 0. The quantitative estimate of drug-likeness (QED) is 0.867. The lowest BCUT2D eigenvalue weighted by Gasteiger charge is -2.33. The number of morpholine rings is 1. The van der Waals surface area contributed by atoms with E-state index in [2.05, 4.69) is 4.98 Å². The number of anilines is 1. The van der Waals surface area contributed by atoms with E-state index >= 15 is 0 Å². The molecule has 1 aliphatic rings. The highest BCUT2D eigenvalue weighted by molar-refractivity contribution is 6.30. The fourth-order valence-electron chi connectivity index (χ4n) is 2.49. The third kappa shape index (κ3) is 4.00. The predicted octanol–water partition coefficient (Wildman–Crippen LogP) is 3.19. The molecule has 1 fully saturated rings. The van der Waals surface area contributed by atoms with Crippen molar-refractivity contribution in [2.45, 2.75) is 6.54 Å². The molecule has 0 saturated carbocycles. The second-order valence-corrected chi connectivity index (χ2v) is 5.74. The van der Waals surface area contributed by atoms with Gasteiger partial charge in [-0.1, -0.05) is 17.7 Å². The van der Waals surface area contributed by atoms with E-state index in [0.717, 1.165) is 11.3 Å². The van der Waals surface area contributed by atoms with Crippen LogP contribution in [0.1, 0.15) is 5.56 Å². The van der Waals surface area contributed by atoms with Crippen molar-refractivity contribution in [3.63, 3.8) is 0 Å². The zero-order valence-electron chi connectivity index (χ0n) is 12.7. The number of aromatic nitrogens is 1. The van der Waals surface area contributed by atoms with Gasteiger partial charge in [0.15, 0.2) is 0 Å². The van der Waals surface area contributed by atoms with Gasteiger partial charge < -0.3 is 9.64 Å². The molecular weight excluding hydrogens is 314 g/mol. The summed E-state index contributed by atoms with van der Waals surface area (Å²) in [5, 5.41) is 0.647. The molecule has 0 N–H and O–H groups in total. The van der Waals surface area contributed by atoms with Crippen molar-refractivity contribution in [2.24, 2.45) is 0 Å². The number of benzene rings is 1. The third-order valence-electron chi connectivity index (χ3n) is 3.71. The first kappa shape index (κ1) is 15.8. The van der Waals surface area contributed by atoms with Crippen LogP contribution in [0.15, 0.2) is 48.8 Å². The Morgan fingerprint density at radius 1 is 1.22 bits per heavy atom. The zero-order valence-corrected chi connectivity index (χ0v) is 13.4. The number of ether oxygens (including phenoxy) is 1. The SMILES string of the molecule is O=C(N1CCOCC1)N(Cc1cccnc1)c1ccc(Cl)cc1. The third-order valence-corrected chi connectivity index (χ3v) is 3.97. The first-order valence-electron chi connectivity index (χ1n) is 7.53. The topological polar surface area (TPSA) is 45.7 Å². The van der Waals surface area contributed by atoms with Gasteiger partial charge in [-0.15, -0.1) is 0 Å². The molecule has 0 bridgehead atoms. The first-order chi connectivity index (χ1) is 11.2. The van der Waals surface area contributed by atoms with Crippen molar-refractivity contribution in [2.75, 3.05) is 31.2 Å². The molecule has 23 heavy (non-hydrogen) atoms. The fraction of sp³-hybridized carbons (Fsp3) is 0.294. The van der Waals surface area contributed by atoms with Crippen LogP contribution in [0.2, 0.25) is 5.02 Å². The van der Waals surface area contributed by atoms with Gasteiger partial charge >= 0.3 is 6.03 Å². The maximum absolute atomic E-state index is 12.9. The van der Waals surface area contributed by atoms with E-state index < -0.39 is 0 Å². The van der Waals surface area contributed by atoms with Crippen LogP contribution in [-0.2, 0) is 11.3 Å². The Morgan fingerprint density at radius 2 is 1.96 bits per heavy atom. The standard InChI is InChI=1S/C17H18ClN3O2/c18-15-3-5-16(6-4-15)21(13-14-2-1-7-19-12-14)17(22)20-8-10-23-11-9-20/h1-7,12H,8-11,13H2. The molecule has 0 spiro atoms. The second kappa shape index (κ2) is 7.44. The van der Waals surface area contributed by atoms with Crippen molar-refractivity contribution in [1.82, 2.24) is 9.88 Å². The molecule has 0 unspecified atom stereocenters. The van der Waals surface area contributed by atoms with Crippen molar-refractivity contribution < 1.29 is 9.53 Å². The molecule has 1 aromatic carbocycles. The Morgan fingerprint density at radius 3 is 2.61 bits per heavy atom. The molecule has 0 aliphatic carbocycles. The van der Waals surface area contributed by atoms with Crippen LogP contribution in [0, 0.1) is 0 Å². The molecule has 2 aromatic rings. The first-order valence-corrected chi connectivity index (χ1v) is 7.90. The fourth-order valence-corrected chi connectivity index (χ4v) is 2.62. The van der Waals surface area contributed by atoms with Crippen molar-refractivity contribution >= 4 is 23.3 Å². The van der Waals surface area contributed by atoms with Crippen LogP contribution in [-0.4, -0.2) is 42.2 Å². The minimum Gasteiger partial charge on any atom is -0.378 e. The minimum absolute atomic E-state index is 0.0283. The number of halogens is 1. The summed E-state index contributed by atoms with van der Waals surface area (Å²) >= 11 is 5.96. The zero-order chi connectivity index (χ0) is 16.1. The van der Waals surface area contributed by atoms with Crippen LogP contribution in [0.25, 0.3) is 0 Å². The van der Waals surface area contributed by atoms with Gasteiger partial charge in [-0.2, -0.15) is 0 Å². The molecule has 6 heteroatoms. The molecule has 1 aromatic heterocycles. The second-order valence-electron chi connectivity index (χ2n) is 5.31. The maximum atomic E-state index is 12.9. The van der Waals surface area contributed by atoms with Gasteiger partial charge in [0.1, 0.15) is 0 Å². The summed E-state index contributed by atoms with van der Waals surface area (Å²) in [6.45, 7) is 2.83. The highest BCUT2D eigenvalue weighted by Crippen LogP contribution is 2.22. The number of hydrogen-bond acceptors (Lipinski definition) is 3. The van der Waals surface area contributed by atoms with Crippen LogP contribution in [0.4, 0.5) is 10.5 Å². The van der Waals surface area contributed by atoms with E-state index in [-0.39, 0.29) is 6.03 Å². The van der Waals surface area contributed by atoms with Gasteiger partial charge in [-0.05, 0) is 35.9 Å². The molecule has 120 valence electrons. The van der Waals surface area contributed by atoms with Crippen LogP contribution in [0.5, 0.6) is 0 Å². The summed E-state index contributed by atoms with van der Waals surface area (Å²) < 4.78 is 5.33. The van der Waals surface area contributed by atoms with Gasteiger partial charge in [-0.25, -0.2) is 4.79 Å². The Bertz CT molecular complexity index is 643. The number of hydrogen-bond donors (Lipinski definition) is 0. The van der Waals surface area contributed by atoms with Crippen molar-refractivity contribution in [3.05, 3.63) is 59.4 Å². The van der Waals surface area contributed by atoms with E-state index in [0.29, 0.717) is 37.9 Å². The highest BCUT2D eigenvalue weighted by atomic mass is 35.5. The largest absolute Gasteiger partial charge is 0.378 e. The maximum Gasteiger partial charge on any atom is 0.324 e. The molecular formula is C17H18ClN3O2. The molecule has 3 rings (SSSR count). The van der Waals surface area contributed by atoms with Crippen molar-refractivity contribution in [1.29, 1.82) is 0 Å². The Balaban J connectivity index is 1.85. The highest BCUT2D eigenvalue weighted by Gasteiger charge is 2.24. The van der Waals surface area contributed by atoms with Gasteiger partial charge in [-0.3, -0.25) is 9.88 Å². The Labute approximate surface area is 140 Å². The lowest BCUT2D eigenvalue weighted by molar-refractivity contribution is 0.0548. The molecule has 0 radical (unpaired) electrons. The van der Waals surface area contributed by atoms with Crippen LogP contribution in [0.3, 0.4) is 0 Å². The Kier molecular flexibility index (Phi) is 5.10. The van der Waals surface area contributed by atoms with Gasteiger partial charge in [0.25, 0.3) is 0 Å². The summed E-state index contributed by atoms with van der Waals surface area (Å²) in [6, 6.07) is 11.1. The number of carbonyl (C=O) groups excluding carboxylic acids is 1. The van der Waals surface area contributed by atoms with Crippen molar-refractivity contribution in [3.8, 4) is 0 Å². The summed E-state index contributed by atoms with van der Waals surface area (Å²) in [5.74, 6) is 0. The van der Waals surface area contributed by atoms with Gasteiger partial charge in [0.2, 0.25) is 0 Å². The van der Waals surface area contributed by atoms with E-state index in [1.807, 2.05) is 29.2 Å². The smallest absolute Gasteiger partial charge is 0.324 e. The number of pyridine rings is 1. The van der Waals surface area contributed by atoms with Crippen LogP contribution >= 0.6 is 11.6 Å². The van der Waals surface area contributed by atoms with E-state index in [9.17, 15) is 4.79 Å². The molecule has 0 atom stereocenters. The van der Waals surface area contributed by atoms with E-state index in [4.69, 9.17) is 16.3 Å². The number of rotatable bonds is 3. The predicted molar refractivity (Wildman–Crippen MR) is 89.7 cm³/mol. The monoisotopic (exact) mass is 331 g/mol.